The van der Waals surface area contributed by atoms with Gasteiger partial charge in [0.25, 0.3) is 15.7 Å². The van der Waals surface area contributed by atoms with E-state index in [1.165, 1.54) is 33.5 Å². The average Bonchev–Trinajstić information content (AvgIpc) is 3.38. The number of hydrogen-bond donors (Lipinski definition) is 1. The highest BCUT2D eigenvalue weighted by Crippen LogP contribution is 2.38. The van der Waals surface area contributed by atoms with E-state index in [1.54, 1.807) is 12.1 Å². The fourth-order valence-electron chi connectivity index (χ4n) is 4.65. The molecule has 208 valence electrons. The quantitative estimate of drug-likeness (QED) is 0.317. The van der Waals surface area contributed by atoms with Crippen molar-refractivity contribution >= 4 is 32.6 Å². The van der Waals surface area contributed by atoms with Gasteiger partial charge in [0.05, 0.1) is 27.0 Å². The number of anilines is 2. The van der Waals surface area contributed by atoms with E-state index in [2.05, 4.69) is 48.8 Å². The van der Waals surface area contributed by atoms with E-state index in [9.17, 15) is 8.42 Å². The van der Waals surface area contributed by atoms with Crippen molar-refractivity contribution in [2.24, 2.45) is 0 Å². The van der Waals surface area contributed by atoms with Gasteiger partial charge in [-0.15, -0.1) is 0 Å². The van der Waals surface area contributed by atoms with Gasteiger partial charge in [-0.1, -0.05) is 29.3 Å². The molecule has 0 bridgehead atoms. The minimum atomic E-state index is -4.20. The van der Waals surface area contributed by atoms with Gasteiger partial charge in [-0.05, 0) is 31.2 Å². The molecule has 0 radical (unpaired) electrons. The summed E-state index contributed by atoms with van der Waals surface area (Å²) in [4.78, 5) is 8.89. The second kappa shape index (κ2) is 11.2. The first-order valence-electron chi connectivity index (χ1n) is 12.5. The Labute approximate surface area is 232 Å². The summed E-state index contributed by atoms with van der Waals surface area (Å²) < 4.78 is 50.9. The van der Waals surface area contributed by atoms with Crippen LogP contribution in [0.25, 0.3) is 22.4 Å². The van der Waals surface area contributed by atoms with Crippen LogP contribution in [0.1, 0.15) is 6.92 Å². The van der Waals surface area contributed by atoms with E-state index < -0.39 is 10.0 Å². The molecule has 0 saturated carbocycles. The highest BCUT2D eigenvalue weighted by atomic mass is 32.2. The lowest BCUT2D eigenvalue weighted by molar-refractivity contribution is 0.368. The number of hydrogen-bond acceptors (Lipinski definition) is 10. The van der Waals surface area contributed by atoms with Gasteiger partial charge < -0.3 is 28.5 Å². The van der Waals surface area contributed by atoms with Crippen molar-refractivity contribution in [2.75, 3.05) is 57.1 Å². The van der Waals surface area contributed by atoms with Crippen LogP contribution in [0, 0.1) is 12.0 Å². The number of methoxy groups -OCH3 is 3. The Morgan fingerprint density at radius 1 is 0.925 bits per heavy atom. The van der Waals surface area contributed by atoms with E-state index in [0.717, 1.165) is 37.4 Å². The number of rotatable bonds is 8. The molecule has 1 N–H and O–H groups in total. The van der Waals surface area contributed by atoms with Crippen LogP contribution in [0.15, 0.2) is 57.9 Å². The molecule has 1 aliphatic heterocycles. The Morgan fingerprint density at radius 2 is 1.60 bits per heavy atom. The topological polar surface area (TPSA) is 119 Å². The van der Waals surface area contributed by atoms with Crippen LogP contribution in [0.3, 0.4) is 0 Å². The van der Waals surface area contributed by atoms with Gasteiger partial charge in [0.1, 0.15) is 22.6 Å². The number of pyridine rings is 1. The third-order valence-corrected chi connectivity index (χ3v) is 7.97. The lowest BCUT2D eigenvalue weighted by atomic mass is 10.1. The Hall–Kier alpha value is -4.63. The van der Waals surface area contributed by atoms with Gasteiger partial charge in [0.15, 0.2) is 10.7 Å². The lowest BCUT2D eigenvalue weighted by Crippen LogP contribution is -2.44. The molecule has 0 unspecified atom stereocenters. The second-order valence-corrected chi connectivity index (χ2v) is 10.5. The van der Waals surface area contributed by atoms with Crippen LogP contribution < -0.4 is 23.8 Å². The summed E-state index contributed by atoms with van der Waals surface area (Å²) in [5, 5.41) is 4.25. The summed E-state index contributed by atoms with van der Waals surface area (Å²) in [5.41, 5.74) is 2.64. The molecule has 1 fully saturated rings. The van der Waals surface area contributed by atoms with Crippen molar-refractivity contribution in [1.82, 2.24) is 15.0 Å². The Bertz CT molecular complexity index is 1680. The van der Waals surface area contributed by atoms with Gasteiger partial charge in [0.2, 0.25) is 0 Å². The van der Waals surface area contributed by atoms with Crippen molar-refractivity contribution in [3.8, 4) is 40.5 Å². The van der Waals surface area contributed by atoms with Crippen LogP contribution >= 0.6 is 0 Å². The van der Waals surface area contributed by atoms with Crippen LogP contribution in [0.5, 0.6) is 17.2 Å². The number of piperazine rings is 1. The van der Waals surface area contributed by atoms with Gasteiger partial charge in [0, 0.05) is 49.5 Å². The van der Waals surface area contributed by atoms with E-state index in [-0.39, 0.29) is 33.3 Å². The Morgan fingerprint density at radius 3 is 2.25 bits per heavy atom. The number of nitrogens with zero attached hydrogens (tertiary/aromatic N) is 4. The van der Waals surface area contributed by atoms with Crippen molar-refractivity contribution in [2.45, 2.75) is 11.8 Å². The number of nitrogens with one attached hydrogen (secondary N) is 1. The third-order valence-electron chi connectivity index (χ3n) is 6.57. The van der Waals surface area contributed by atoms with E-state index in [1.807, 2.05) is 19.1 Å². The zero-order valence-electron chi connectivity index (χ0n) is 22.6. The van der Waals surface area contributed by atoms with Gasteiger partial charge in [-0.2, -0.15) is 0 Å². The lowest BCUT2D eigenvalue weighted by Gasteiger charge is -2.34. The van der Waals surface area contributed by atoms with Crippen LogP contribution in [0.4, 0.5) is 11.5 Å². The molecule has 11 nitrogen and oxygen atoms in total. The third kappa shape index (κ3) is 5.15. The molecular formula is C28H29N5O6S. The van der Waals surface area contributed by atoms with Crippen LogP contribution in [-0.2, 0) is 10.0 Å². The maximum absolute atomic E-state index is 13.4. The molecule has 0 atom stereocenters. The second-order valence-electron chi connectivity index (χ2n) is 8.90. The van der Waals surface area contributed by atoms with E-state index >= 15 is 0 Å². The monoisotopic (exact) mass is 563 g/mol. The molecule has 1 aliphatic rings. The molecule has 0 aliphatic carbocycles. The van der Waals surface area contributed by atoms with E-state index in [0.29, 0.717) is 11.4 Å². The summed E-state index contributed by atoms with van der Waals surface area (Å²) in [6.45, 7) is 5.28. The molecule has 0 spiro atoms. The number of aromatic nitrogens is 2. The average molecular weight is 564 g/mol. The SMILES string of the molecule is CC#CN1CCN(c2cccc(-c3cc(OC)c4c(NS(=O)(=O)c5c(OC)cccc5OC)noc4n3)c2)CC1. The molecule has 4 aromatic rings. The van der Waals surface area contributed by atoms with Gasteiger partial charge >= 0.3 is 0 Å². The number of ether oxygens (including phenoxy) is 3. The predicted octanol–water partition coefficient (Wildman–Crippen LogP) is 3.82. The van der Waals surface area contributed by atoms with Crippen molar-refractivity contribution in [3.63, 3.8) is 0 Å². The minimum absolute atomic E-state index is 0.0688. The van der Waals surface area contributed by atoms with Gasteiger partial charge in [-0.25, -0.2) is 13.4 Å². The molecule has 12 heteroatoms. The zero-order valence-corrected chi connectivity index (χ0v) is 23.4. The van der Waals surface area contributed by atoms with Crippen molar-refractivity contribution in [3.05, 3.63) is 48.5 Å². The molecular weight excluding hydrogens is 534 g/mol. The molecule has 3 heterocycles. The summed E-state index contributed by atoms with van der Waals surface area (Å²) in [6.07, 6.45) is 0. The highest BCUT2D eigenvalue weighted by molar-refractivity contribution is 7.93. The Kier molecular flexibility index (Phi) is 7.57. The molecule has 40 heavy (non-hydrogen) atoms. The van der Waals surface area contributed by atoms with Gasteiger partial charge in [-0.3, -0.25) is 4.72 Å². The fourth-order valence-corrected chi connectivity index (χ4v) is 5.98. The summed E-state index contributed by atoms with van der Waals surface area (Å²) in [6, 6.07) is 17.6. The molecule has 5 rings (SSSR count). The summed E-state index contributed by atoms with van der Waals surface area (Å²) in [7, 11) is 0.0495. The minimum Gasteiger partial charge on any atom is -0.496 e. The Balaban J connectivity index is 1.47. The maximum atomic E-state index is 13.4. The predicted molar refractivity (Wildman–Crippen MR) is 151 cm³/mol. The fraction of sp³-hybridized carbons (Fsp3) is 0.286. The first-order valence-corrected chi connectivity index (χ1v) is 14.0. The first-order chi connectivity index (χ1) is 19.4. The molecule has 2 aromatic heterocycles. The normalized spacial score (nSPS) is 13.5. The molecule has 2 aromatic carbocycles. The smallest absolute Gasteiger partial charge is 0.270 e. The van der Waals surface area contributed by atoms with Crippen molar-refractivity contribution < 1.29 is 27.2 Å². The van der Waals surface area contributed by atoms with E-state index in [4.69, 9.17) is 18.7 Å². The van der Waals surface area contributed by atoms with Crippen LogP contribution in [-0.4, -0.2) is 71.0 Å². The number of fused-ring (bicyclic) bond motifs is 1. The summed E-state index contributed by atoms with van der Waals surface area (Å²) >= 11 is 0. The number of sulfonamides is 1. The summed E-state index contributed by atoms with van der Waals surface area (Å²) in [5.74, 6) is 3.47. The largest absolute Gasteiger partial charge is 0.496 e. The zero-order chi connectivity index (χ0) is 28.3. The molecule has 0 amide bonds. The molecule has 1 saturated heterocycles. The van der Waals surface area contributed by atoms with Crippen molar-refractivity contribution in [1.29, 1.82) is 0 Å². The maximum Gasteiger partial charge on any atom is 0.270 e. The first kappa shape index (κ1) is 27.0. The highest BCUT2D eigenvalue weighted by Gasteiger charge is 2.28. The van der Waals surface area contributed by atoms with Crippen LogP contribution in [0.2, 0.25) is 0 Å². The standard InChI is InChI=1S/C28H29N5O6S/c1-5-12-32-13-15-33(16-14-32)20-9-6-8-19(17-20)21-18-24(38-4)25-27(30-39-28(25)29-21)31-40(34,35)26-22(36-2)10-7-11-23(26)37-3/h6-11,17-18H,13-16H2,1-4H3,(H,30,31). The number of benzene rings is 2.